The fourth-order valence-corrected chi connectivity index (χ4v) is 12.8. The number of rotatable bonds is 21. The third-order valence-electron chi connectivity index (χ3n) is 18.9. The van der Waals surface area contributed by atoms with Gasteiger partial charge in [-0.2, -0.15) is 0 Å². The Morgan fingerprint density at radius 2 is 0.778 bits per heavy atom. The predicted octanol–water partition coefficient (Wildman–Crippen LogP) is 18.3. The highest BCUT2D eigenvalue weighted by molar-refractivity contribution is 5.86. The number of esters is 4. The number of carbonyl (C=O) groups is 5. The van der Waals surface area contributed by atoms with Crippen molar-refractivity contribution in [3.63, 3.8) is 0 Å². The Morgan fingerprint density at radius 3 is 1.15 bits per heavy atom. The first-order valence-corrected chi connectivity index (χ1v) is 29.1. The number of ether oxygens (including phenoxy) is 8. The molecule has 5 unspecified atom stereocenters. The van der Waals surface area contributed by atoms with Gasteiger partial charge in [0.1, 0.15) is 5.78 Å². The maximum absolute atomic E-state index is 12.3. The molecule has 10 rings (SSSR count). The lowest BCUT2D eigenvalue weighted by Gasteiger charge is -2.56. The molecule has 0 aromatic carbocycles. The second-order valence-electron chi connectivity index (χ2n) is 26.3. The summed E-state index contributed by atoms with van der Waals surface area (Å²) in [5, 5.41) is 0. The van der Waals surface area contributed by atoms with Crippen LogP contribution in [0, 0.1) is 68.5 Å². The van der Waals surface area contributed by atoms with Crippen LogP contribution in [0.2, 0.25) is 0 Å². The SMILES string of the molecule is C.C.C.C.C.C.C.C.CCC(C)(C)C(=O)OCOC1C2CC3CC(C2)C(=O)C1C3.CCC(C)(C)C(=O)OCOC1CCCC1.CCC(C)(C)C(=O)OCOC1CCCCC1.CCC(C)(C)C(=O)OCOCC12CC3CC(CC(C3)C1)C2. The van der Waals surface area contributed by atoms with E-state index in [0.29, 0.717) is 29.3 Å². The first-order valence-electron chi connectivity index (χ1n) is 29.1. The van der Waals surface area contributed by atoms with Crippen molar-refractivity contribution in [1.29, 1.82) is 0 Å². The minimum Gasteiger partial charge on any atom is -0.438 e. The van der Waals surface area contributed by atoms with Gasteiger partial charge in [-0.15, -0.1) is 0 Å². The predicted molar refractivity (Wildman–Crippen MR) is 334 cm³/mol. The molecule has 13 heteroatoms. The molecule has 10 aliphatic rings. The van der Waals surface area contributed by atoms with Crippen LogP contribution >= 0.6 is 0 Å². The van der Waals surface area contributed by atoms with Crippen LogP contribution in [-0.4, -0.2) is 81.8 Å². The molecule has 0 spiro atoms. The van der Waals surface area contributed by atoms with Crippen molar-refractivity contribution in [2.75, 3.05) is 33.8 Å². The molecule has 81 heavy (non-hydrogen) atoms. The Balaban J connectivity index is -0.000000477. The first kappa shape index (κ1) is 84.8. The topological polar surface area (TPSA) is 159 Å². The minimum absolute atomic E-state index is 0. The van der Waals surface area contributed by atoms with Crippen molar-refractivity contribution < 1.29 is 61.9 Å². The maximum Gasteiger partial charge on any atom is 0.313 e. The van der Waals surface area contributed by atoms with Crippen molar-refractivity contribution >= 4 is 29.7 Å². The number of ketones is 1. The molecular formula is C68H134O13. The smallest absolute Gasteiger partial charge is 0.313 e. The summed E-state index contributed by atoms with van der Waals surface area (Å²) in [6.45, 7) is 24.3. The van der Waals surface area contributed by atoms with E-state index in [4.69, 9.17) is 37.9 Å². The molecule has 8 bridgehead atoms. The van der Waals surface area contributed by atoms with E-state index in [1.807, 2.05) is 83.1 Å². The van der Waals surface area contributed by atoms with Gasteiger partial charge in [-0.25, -0.2) is 0 Å². The van der Waals surface area contributed by atoms with Gasteiger partial charge in [0.05, 0.1) is 46.6 Å². The normalized spacial score (nSPS) is 26.6. The molecular weight excluding hydrogens is 1020 g/mol. The third-order valence-corrected chi connectivity index (χ3v) is 18.9. The zero-order chi connectivity index (χ0) is 53.6. The van der Waals surface area contributed by atoms with E-state index < -0.39 is 16.2 Å². The van der Waals surface area contributed by atoms with Crippen LogP contribution in [0.4, 0.5) is 0 Å². The first-order chi connectivity index (χ1) is 34.5. The van der Waals surface area contributed by atoms with E-state index >= 15 is 0 Å². The van der Waals surface area contributed by atoms with Gasteiger partial charge in [0.2, 0.25) is 0 Å². The minimum atomic E-state index is -0.469. The molecule has 10 fully saturated rings. The fraction of sp³-hybridized carbons (Fsp3) is 0.926. The van der Waals surface area contributed by atoms with Gasteiger partial charge in [-0.05, 0) is 206 Å². The van der Waals surface area contributed by atoms with Gasteiger partial charge >= 0.3 is 23.9 Å². The van der Waals surface area contributed by atoms with E-state index in [-0.39, 0.29) is 134 Å². The molecule has 10 aliphatic carbocycles. The number of hydrogen-bond acceptors (Lipinski definition) is 13. The molecule has 0 heterocycles. The van der Waals surface area contributed by atoms with Crippen molar-refractivity contribution in [1.82, 2.24) is 0 Å². The lowest BCUT2D eigenvalue weighted by molar-refractivity contribution is -0.193. The summed E-state index contributed by atoms with van der Waals surface area (Å²) in [4.78, 5) is 59.4. The Bertz CT molecular complexity index is 1720. The molecule has 0 aromatic heterocycles. The number of hydrogen-bond donors (Lipinski definition) is 0. The van der Waals surface area contributed by atoms with E-state index in [1.54, 1.807) is 0 Å². The Labute approximate surface area is 500 Å². The molecule has 10 saturated carbocycles. The van der Waals surface area contributed by atoms with E-state index in [1.165, 1.54) is 77.0 Å². The van der Waals surface area contributed by atoms with Gasteiger partial charge in [0, 0.05) is 11.8 Å². The highest BCUT2D eigenvalue weighted by Crippen LogP contribution is 2.60. The van der Waals surface area contributed by atoms with Crippen LogP contribution in [0.1, 0.15) is 290 Å². The molecule has 0 aliphatic heterocycles. The lowest BCUT2D eigenvalue weighted by atomic mass is 9.50. The standard InChI is InChI=1S/C18H30O3.C17H26O4.C13H24O3.C12H22O3.8CH4/c1-4-17(2,3)16(19)21-12-20-11-18-8-13-5-14(9-18)7-15(6-13)10-18;1-4-17(2,3)16(19)21-9-20-15-12-6-10-5-11(8-12)14(18)13(15)7-10;1-4-13(2,3)12(14)16-10-15-11-8-6-5-7-9-11;1-4-12(2,3)11(13)15-9-14-10-7-5-6-8-10;;;;;;;;/h13-15H,4-12H2,1-3H3;10-13,15H,4-9H2,1-3H3;11H,4-10H2,1-3H3;10H,4-9H2,1-3H3;8*1H4. The van der Waals surface area contributed by atoms with Crippen LogP contribution < -0.4 is 0 Å². The highest BCUT2D eigenvalue weighted by Gasteiger charge is 2.54. The molecule has 0 aromatic rings. The monoisotopic (exact) mass is 1160 g/mol. The van der Waals surface area contributed by atoms with Gasteiger partial charge < -0.3 is 37.9 Å². The Kier molecular flexibility index (Phi) is 40.3. The summed E-state index contributed by atoms with van der Waals surface area (Å²) in [6.07, 6.45) is 27.0. The number of carbonyl (C=O) groups excluding carboxylic acids is 5. The Morgan fingerprint density at radius 1 is 0.432 bits per heavy atom. The maximum atomic E-state index is 12.3. The zero-order valence-corrected chi connectivity index (χ0v) is 47.9. The average Bonchev–Trinajstić information content (AvgIpc) is 3.89. The summed E-state index contributed by atoms with van der Waals surface area (Å²) in [7, 11) is 0. The molecule has 484 valence electrons. The summed E-state index contributed by atoms with van der Waals surface area (Å²) in [6, 6.07) is 0. The van der Waals surface area contributed by atoms with Crippen molar-refractivity contribution in [2.24, 2.45) is 68.5 Å². The molecule has 0 saturated heterocycles. The van der Waals surface area contributed by atoms with E-state index in [2.05, 4.69) is 0 Å². The molecule has 5 atom stereocenters. The molecule has 13 nitrogen and oxygen atoms in total. The fourth-order valence-electron chi connectivity index (χ4n) is 12.8. The molecule has 0 radical (unpaired) electrons. The second kappa shape index (κ2) is 38.4. The van der Waals surface area contributed by atoms with E-state index in [0.717, 1.165) is 101 Å². The van der Waals surface area contributed by atoms with Crippen LogP contribution in [0.15, 0.2) is 0 Å². The Hall–Kier alpha value is -2.61. The lowest BCUT2D eigenvalue weighted by Crippen LogP contribution is -2.55. The van der Waals surface area contributed by atoms with Crippen molar-refractivity contribution in [2.45, 2.75) is 308 Å². The van der Waals surface area contributed by atoms with Crippen LogP contribution in [0.25, 0.3) is 0 Å². The summed E-state index contributed by atoms with van der Waals surface area (Å²) >= 11 is 0. The zero-order valence-electron chi connectivity index (χ0n) is 47.9. The van der Waals surface area contributed by atoms with Gasteiger partial charge in [-0.3, -0.25) is 24.0 Å². The molecule has 0 N–H and O–H groups in total. The highest BCUT2D eigenvalue weighted by atomic mass is 16.7. The summed E-state index contributed by atoms with van der Waals surface area (Å²) < 4.78 is 43.4. The number of Topliss-reactive ketones (excluding diaryl/α,β-unsaturated/α-hetero) is 1. The van der Waals surface area contributed by atoms with Crippen molar-refractivity contribution in [3.8, 4) is 0 Å². The summed E-state index contributed by atoms with van der Waals surface area (Å²) in [5.74, 6) is 4.09. The van der Waals surface area contributed by atoms with Gasteiger partial charge in [0.25, 0.3) is 0 Å². The largest absolute Gasteiger partial charge is 0.438 e. The summed E-state index contributed by atoms with van der Waals surface area (Å²) in [5.41, 5.74) is -1.25. The molecule has 0 amide bonds. The van der Waals surface area contributed by atoms with Crippen LogP contribution in [0.3, 0.4) is 0 Å². The van der Waals surface area contributed by atoms with Crippen LogP contribution in [0.5, 0.6) is 0 Å². The third kappa shape index (κ3) is 24.7. The second-order valence-corrected chi connectivity index (χ2v) is 26.3. The van der Waals surface area contributed by atoms with Crippen LogP contribution in [-0.2, 0) is 61.9 Å². The average molecular weight is 1160 g/mol. The van der Waals surface area contributed by atoms with Crippen molar-refractivity contribution in [3.05, 3.63) is 0 Å². The van der Waals surface area contributed by atoms with E-state index in [9.17, 15) is 24.0 Å². The van der Waals surface area contributed by atoms with Gasteiger partial charge in [-0.1, -0.05) is 119 Å². The quantitative estimate of drug-likeness (QED) is 0.0463. The van der Waals surface area contributed by atoms with Gasteiger partial charge in [0.15, 0.2) is 27.2 Å².